The number of hydrogen-bond donors (Lipinski definition) is 0. The molecule has 2 rings (SSSR count). The van der Waals surface area contributed by atoms with Crippen LogP contribution in [0.15, 0.2) is 59.5 Å². The fraction of sp³-hybridized carbons (Fsp3) is 0.300. The highest BCUT2D eigenvalue weighted by Crippen LogP contribution is 2.18. The van der Waals surface area contributed by atoms with Crippen LogP contribution in [0.25, 0.3) is 0 Å². The third-order valence-electron chi connectivity index (χ3n) is 3.64. The van der Waals surface area contributed by atoms with E-state index in [4.69, 9.17) is 0 Å². The van der Waals surface area contributed by atoms with Crippen molar-refractivity contribution in [2.24, 2.45) is 0 Å². The van der Waals surface area contributed by atoms with E-state index in [1.54, 1.807) is 24.3 Å². The van der Waals surface area contributed by atoms with Crippen molar-refractivity contribution in [3.63, 3.8) is 0 Å². The number of unbranched alkanes of at least 4 members (excludes halogenated alkanes) is 2. The number of aryl methyl sites for hydroxylation is 1. The molecule has 0 N–H and O–H groups in total. The van der Waals surface area contributed by atoms with Gasteiger partial charge in [0.1, 0.15) is 0 Å². The molecule has 0 aliphatic rings. The Hall–Kier alpha value is -2.25. The zero-order valence-corrected chi connectivity index (χ0v) is 15.0. The molecule has 0 radical (unpaired) electrons. The van der Waals surface area contributed by atoms with Crippen LogP contribution >= 0.6 is 0 Å². The van der Waals surface area contributed by atoms with Crippen LogP contribution in [-0.4, -0.2) is 12.7 Å². The van der Waals surface area contributed by atoms with Crippen LogP contribution in [0.3, 0.4) is 0 Å². The van der Waals surface area contributed by atoms with Crippen molar-refractivity contribution < 1.29 is 8.42 Å². The Bertz CT molecular complexity index is 800. The van der Waals surface area contributed by atoms with Crippen molar-refractivity contribution in [3.05, 3.63) is 65.7 Å². The SMILES string of the molecule is CCCCC#CN(Cc1ccccc1)S(=O)(=O)c1ccc(C)cc1. The van der Waals surface area contributed by atoms with Gasteiger partial charge in [0.15, 0.2) is 0 Å². The average molecular weight is 341 g/mol. The zero-order valence-electron chi connectivity index (χ0n) is 14.2. The lowest BCUT2D eigenvalue weighted by Crippen LogP contribution is -2.26. The second-order valence-electron chi connectivity index (χ2n) is 5.70. The van der Waals surface area contributed by atoms with Gasteiger partial charge in [0.05, 0.1) is 11.4 Å². The van der Waals surface area contributed by atoms with Gasteiger partial charge in [-0.25, -0.2) is 12.7 Å². The van der Waals surface area contributed by atoms with E-state index in [0.717, 1.165) is 24.0 Å². The van der Waals surface area contributed by atoms with Crippen molar-refractivity contribution in [3.8, 4) is 12.0 Å². The fourth-order valence-corrected chi connectivity index (χ4v) is 3.42. The maximum Gasteiger partial charge on any atom is 0.271 e. The summed E-state index contributed by atoms with van der Waals surface area (Å²) in [6, 6.07) is 19.3. The molecule has 2 aromatic carbocycles. The molecule has 0 heterocycles. The molecule has 3 nitrogen and oxygen atoms in total. The predicted molar refractivity (Wildman–Crippen MR) is 97.7 cm³/mol. The molecule has 24 heavy (non-hydrogen) atoms. The van der Waals surface area contributed by atoms with Gasteiger partial charge in [-0.2, -0.15) is 0 Å². The monoisotopic (exact) mass is 341 g/mol. The summed E-state index contributed by atoms with van der Waals surface area (Å²) in [5.41, 5.74) is 1.94. The molecule has 0 fully saturated rings. The lowest BCUT2D eigenvalue weighted by Gasteiger charge is -2.18. The zero-order chi connectivity index (χ0) is 17.4. The van der Waals surface area contributed by atoms with Gasteiger partial charge in [-0.15, -0.1) is 0 Å². The quantitative estimate of drug-likeness (QED) is 0.445. The Morgan fingerprint density at radius 2 is 1.67 bits per heavy atom. The minimum absolute atomic E-state index is 0.246. The highest BCUT2D eigenvalue weighted by Gasteiger charge is 2.22. The lowest BCUT2D eigenvalue weighted by molar-refractivity contribution is 0.508. The number of nitrogens with zero attached hydrogens (tertiary/aromatic N) is 1. The van der Waals surface area contributed by atoms with Crippen LogP contribution in [0.4, 0.5) is 0 Å². The highest BCUT2D eigenvalue weighted by molar-refractivity contribution is 7.89. The van der Waals surface area contributed by atoms with E-state index >= 15 is 0 Å². The van der Waals surface area contributed by atoms with Crippen LogP contribution in [0.2, 0.25) is 0 Å². The van der Waals surface area contributed by atoms with E-state index in [1.807, 2.05) is 37.3 Å². The topological polar surface area (TPSA) is 37.4 Å². The standard InChI is InChI=1S/C20H23NO2S/c1-3-4-5-9-16-21(17-19-10-7-6-8-11-19)24(22,23)20-14-12-18(2)13-15-20/h6-8,10-15H,3-5,17H2,1-2H3. The number of benzene rings is 2. The molecule has 0 bridgehead atoms. The van der Waals surface area contributed by atoms with Crippen molar-refractivity contribution in [2.75, 3.05) is 0 Å². The molecular formula is C20H23NO2S. The van der Waals surface area contributed by atoms with Crippen molar-refractivity contribution in [2.45, 2.75) is 44.6 Å². The van der Waals surface area contributed by atoms with Crippen LogP contribution in [0.1, 0.15) is 37.3 Å². The molecule has 0 amide bonds. The molecule has 0 aliphatic heterocycles. The summed E-state index contributed by atoms with van der Waals surface area (Å²) in [6.45, 7) is 4.27. The van der Waals surface area contributed by atoms with Gasteiger partial charge >= 0.3 is 0 Å². The Kier molecular flexibility index (Phi) is 6.45. The van der Waals surface area contributed by atoms with Crippen LogP contribution in [0.5, 0.6) is 0 Å². The Morgan fingerprint density at radius 3 is 2.29 bits per heavy atom. The van der Waals surface area contributed by atoms with E-state index in [2.05, 4.69) is 18.9 Å². The fourth-order valence-electron chi connectivity index (χ4n) is 2.18. The van der Waals surface area contributed by atoms with Gasteiger partial charge in [0, 0.05) is 12.5 Å². The highest BCUT2D eigenvalue weighted by atomic mass is 32.2. The maximum absolute atomic E-state index is 12.9. The smallest absolute Gasteiger partial charge is 0.220 e. The molecule has 2 aromatic rings. The summed E-state index contributed by atoms with van der Waals surface area (Å²) in [5, 5.41) is 0. The lowest BCUT2D eigenvalue weighted by atomic mass is 10.2. The molecule has 0 unspecified atom stereocenters. The largest absolute Gasteiger partial charge is 0.271 e. The van der Waals surface area contributed by atoms with Crippen LogP contribution < -0.4 is 0 Å². The molecule has 0 aromatic heterocycles. The van der Waals surface area contributed by atoms with Crippen LogP contribution in [-0.2, 0) is 16.6 Å². The normalized spacial score (nSPS) is 10.8. The summed E-state index contributed by atoms with van der Waals surface area (Å²) in [5.74, 6) is 2.99. The van der Waals surface area contributed by atoms with E-state index in [1.165, 1.54) is 4.31 Å². The predicted octanol–water partition coefficient (Wildman–Crippen LogP) is 4.34. The summed E-state index contributed by atoms with van der Waals surface area (Å²) < 4.78 is 27.1. The molecule has 0 saturated carbocycles. The van der Waals surface area contributed by atoms with Gasteiger partial charge in [0.2, 0.25) is 0 Å². The number of rotatable bonds is 6. The van der Waals surface area contributed by atoms with Crippen molar-refractivity contribution >= 4 is 10.0 Å². The minimum Gasteiger partial charge on any atom is -0.220 e. The first-order chi connectivity index (χ1) is 11.5. The summed E-state index contributed by atoms with van der Waals surface area (Å²) in [6.07, 6.45) is 2.71. The second-order valence-corrected chi connectivity index (χ2v) is 7.56. The van der Waals surface area contributed by atoms with Gasteiger partial charge in [0.25, 0.3) is 10.0 Å². The molecule has 4 heteroatoms. The third kappa shape index (κ3) is 4.87. The Balaban J connectivity index is 2.32. The molecule has 126 valence electrons. The van der Waals surface area contributed by atoms with Gasteiger partial charge in [-0.05, 0) is 31.0 Å². The summed E-state index contributed by atoms with van der Waals surface area (Å²) in [7, 11) is -3.64. The van der Waals surface area contributed by atoms with Crippen molar-refractivity contribution in [1.82, 2.24) is 4.31 Å². The first-order valence-electron chi connectivity index (χ1n) is 8.16. The Morgan fingerprint density at radius 1 is 1.00 bits per heavy atom. The Labute approximate surface area is 145 Å². The number of hydrogen-bond acceptors (Lipinski definition) is 2. The second kappa shape index (κ2) is 8.56. The minimum atomic E-state index is -3.64. The van der Waals surface area contributed by atoms with Gasteiger partial charge in [-0.3, -0.25) is 0 Å². The van der Waals surface area contributed by atoms with Gasteiger partial charge < -0.3 is 0 Å². The summed E-state index contributed by atoms with van der Waals surface area (Å²) in [4.78, 5) is 0.272. The van der Waals surface area contributed by atoms with E-state index < -0.39 is 10.0 Å². The molecule has 0 aliphatic carbocycles. The van der Waals surface area contributed by atoms with E-state index in [-0.39, 0.29) is 11.4 Å². The maximum atomic E-state index is 12.9. The summed E-state index contributed by atoms with van der Waals surface area (Å²) >= 11 is 0. The van der Waals surface area contributed by atoms with Crippen molar-refractivity contribution in [1.29, 1.82) is 0 Å². The molecular weight excluding hydrogens is 318 g/mol. The molecule has 0 saturated heterocycles. The number of sulfonamides is 1. The molecule has 0 spiro atoms. The van der Waals surface area contributed by atoms with E-state index in [9.17, 15) is 8.42 Å². The first-order valence-corrected chi connectivity index (χ1v) is 9.60. The van der Waals surface area contributed by atoms with Crippen LogP contribution in [0, 0.1) is 18.9 Å². The average Bonchev–Trinajstić information content (AvgIpc) is 2.59. The van der Waals surface area contributed by atoms with Gasteiger partial charge in [-0.1, -0.05) is 67.3 Å². The third-order valence-corrected chi connectivity index (χ3v) is 5.31. The first kappa shape index (κ1) is 18.1. The molecule has 0 atom stereocenters. The van der Waals surface area contributed by atoms with E-state index in [0.29, 0.717) is 6.42 Å².